The maximum Gasteiger partial charge on any atom is 0.245 e. The number of rotatable bonds is 22. The number of aromatic amines is 2. The first kappa shape index (κ1) is 46.0. The van der Waals surface area contributed by atoms with Gasteiger partial charge in [-0.25, -0.2) is 4.98 Å². The van der Waals surface area contributed by atoms with Crippen LogP contribution in [0.3, 0.4) is 0 Å². The monoisotopic (exact) mass is 855 g/mol. The Hall–Kier alpha value is -7.09. The number of benzene rings is 2. The highest BCUT2D eigenvalue weighted by atomic mass is 16.3. The van der Waals surface area contributed by atoms with E-state index in [1.165, 1.54) is 36.8 Å². The number of H-pyrrole nitrogens is 2. The molecule has 0 aliphatic carbocycles. The first-order valence-electron chi connectivity index (χ1n) is 20.1. The summed E-state index contributed by atoms with van der Waals surface area (Å²) in [5.41, 5.74) is 2.27. The van der Waals surface area contributed by atoms with E-state index in [2.05, 4.69) is 52.2 Å². The lowest BCUT2D eigenvalue weighted by molar-refractivity contribution is -0.135. The number of phenolic OH excluding ortho intramolecular Hbond substituents is 1. The van der Waals surface area contributed by atoms with Crippen LogP contribution in [0.2, 0.25) is 0 Å². The smallest absolute Gasteiger partial charge is 0.245 e. The summed E-state index contributed by atoms with van der Waals surface area (Å²) >= 11 is 0. The summed E-state index contributed by atoms with van der Waals surface area (Å²) in [6, 6.07) is 5.56. The Kier molecular flexibility index (Phi) is 16.3. The number of nitrogens with one attached hydrogen (secondary N) is 9. The predicted molar refractivity (Wildman–Crippen MR) is 222 cm³/mol. The quantitative estimate of drug-likeness (QED) is 0.0437. The molecule has 1 aliphatic rings. The molecule has 20 nitrogen and oxygen atoms in total. The van der Waals surface area contributed by atoms with Crippen LogP contribution in [0.25, 0.3) is 10.9 Å². The Morgan fingerprint density at radius 1 is 0.823 bits per heavy atom. The van der Waals surface area contributed by atoms with Crippen molar-refractivity contribution < 1.29 is 48.6 Å². The second-order valence-corrected chi connectivity index (χ2v) is 15.4. The molecule has 1 fully saturated rings. The van der Waals surface area contributed by atoms with Gasteiger partial charge in [-0.1, -0.05) is 44.2 Å². The summed E-state index contributed by atoms with van der Waals surface area (Å²) in [6.45, 7) is 2.23. The molecule has 4 aromatic rings. The minimum absolute atomic E-state index is 0.0483. The average Bonchev–Trinajstić information content (AvgIpc) is 4.03. The van der Waals surface area contributed by atoms with Gasteiger partial charge in [-0.05, 0) is 48.1 Å². The van der Waals surface area contributed by atoms with Crippen LogP contribution < -0.4 is 37.2 Å². The number of aliphatic hydroxyl groups excluding tert-OH is 1. The Labute approximate surface area is 356 Å². The van der Waals surface area contributed by atoms with E-state index in [0.29, 0.717) is 23.2 Å². The number of carbonyl (C=O) groups is 7. The number of imidazole rings is 1. The van der Waals surface area contributed by atoms with Gasteiger partial charge in [0.2, 0.25) is 47.6 Å². The van der Waals surface area contributed by atoms with Crippen LogP contribution in [-0.2, 0) is 57.6 Å². The second-order valence-electron chi connectivity index (χ2n) is 15.4. The van der Waals surface area contributed by atoms with Crippen molar-refractivity contribution in [1.29, 1.82) is 0 Å². The number of aromatic hydroxyl groups is 1. The summed E-state index contributed by atoms with van der Waals surface area (Å²) in [7, 11) is 0. The van der Waals surface area contributed by atoms with Crippen LogP contribution in [-0.4, -0.2) is 122 Å². The topological polar surface area (TPSA) is 306 Å². The lowest BCUT2D eigenvalue weighted by Gasteiger charge is -2.26. The maximum atomic E-state index is 14.2. The number of fused-ring (bicyclic) bond motifs is 1. The Balaban J connectivity index is 1.34. The van der Waals surface area contributed by atoms with Crippen LogP contribution in [0, 0.1) is 5.92 Å². The summed E-state index contributed by atoms with van der Waals surface area (Å²) in [5, 5.41) is 38.8. The summed E-state index contributed by atoms with van der Waals surface area (Å²) in [5.74, 6) is -5.06. The third-order valence-electron chi connectivity index (χ3n) is 10.1. The molecule has 1 aliphatic heterocycles. The van der Waals surface area contributed by atoms with E-state index in [9.17, 15) is 48.6 Å². The van der Waals surface area contributed by atoms with Crippen molar-refractivity contribution in [3.63, 3.8) is 0 Å². The van der Waals surface area contributed by atoms with Gasteiger partial charge in [0, 0.05) is 49.0 Å². The summed E-state index contributed by atoms with van der Waals surface area (Å²) in [6.07, 6.45) is 6.68. The zero-order valence-electron chi connectivity index (χ0n) is 34.2. The predicted octanol–water partition coefficient (Wildman–Crippen LogP) is -1.41. The highest BCUT2D eigenvalue weighted by Gasteiger charge is 2.34. The number of phenols is 1. The van der Waals surface area contributed by atoms with Crippen molar-refractivity contribution in [2.75, 3.05) is 13.2 Å². The van der Waals surface area contributed by atoms with Crippen LogP contribution in [0.15, 0.2) is 67.3 Å². The number of aliphatic hydroxyl groups is 1. The molecular formula is C42H51N10O10. The fraction of sp³-hybridized carbons (Fsp3) is 0.405. The summed E-state index contributed by atoms with van der Waals surface area (Å²) < 4.78 is 0. The van der Waals surface area contributed by atoms with Gasteiger partial charge < -0.3 is 57.4 Å². The Morgan fingerprint density at radius 3 is 2.11 bits per heavy atom. The van der Waals surface area contributed by atoms with E-state index in [0.717, 1.165) is 10.9 Å². The third kappa shape index (κ3) is 13.2. The number of carbonyl (C=O) groups excluding carboxylic acids is 8. The molecule has 0 bridgehead atoms. The molecule has 329 valence electrons. The van der Waals surface area contributed by atoms with Gasteiger partial charge in [0.15, 0.2) is 0 Å². The van der Waals surface area contributed by atoms with Gasteiger partial charge in [-0.15, -0.1) is 0 Å². The van der Waals surface area contributed by atoms with Gasteiger partial charge in [0.25, 0.3) is 0 Å². The Bertz CT molecular complexity index is 2210. The normalized spacial score (nSPS) is 15.9. The zero-order chi connectivity index (χ0) is 44.8. The van der Waals surface area contributed by atoms with E-state index in [-0.39, 0.29) is 49.7 Å². The number of nitrogens with zero attached hydrogens (tertiary/aromatic N) is 1. The van der Waals surface area contributed by atoms with Gasteiger partial charge in [0.1, 0.15) is 36.0 Å². The fourth-order valence-electron chi connectivity index (χ4n) is 6.87. The number of aromatic nitrogens is 3. The first-order valence-corrected chi connectivity index (χ1v) is 20.1. The molecule has 1 radical (unpaired) electrons. The molecular weight excluding hydrogens is 805 g/mol. The van der Waals surface area contributed by atoms with Crippen LogP contribution >= 0.6 is 0 Å². The number of para-hydroxylation sites is 1. The van der Waals surface area contributed by atoms with E-state index >= 15 is 0 Å². The van der Waals surface area contributed by atoms with Crippen molar-refractivity contribution in [3.8, 4) is 5.75 Å². The van der Waals surface area contributed by atoms with Crippen molar-refractivity contribution in [2.24, 2.45) is 5.92 Å². The highest BCUT2D eigenvalue weighted by Crippen LogP contribution is 2.20. The second kappa shape index (κ2) is 22.0. The van der Waals surface area contributed by atoms with Crippen molar-refractivity contribution in [1.82, 2.24) is 52.2 Å². The molecule has 7 amide bonds. The molecule has 0 unspecified atom stereocenters. The number of amides is 7. The van der Waals surface area contributed by atoms with Gasteiger partial charge >= 0.3 is 0 Å². The molecule has 1 saturated heterocycles. The minimum atomic E-state index is -1.66. The SMILES string of the molecule is CC(C)C[C@@H]([C]=O)NC(=O)CNC(=O)[C@H](Cc1ccc(O)cc1)NC(=O)[C@H](CO)NC(=O)[C@H](Cc1c[nH]c2ccccc12)NC(=O)[C@H](Cc1c[nH]cn1)NC(=O)[C@@H]1CCC(=O)N1. The van der Waals surface area contributed by atoms with E-state index in [1.807, 2.05) is 32.0 Å². The molecule has 2 aromatic heterocycles. The van der Waals surface area contributed by atoms with Crippen molar-refractivity contribution >= 4 is 58.5 Å². The maximum absolute atomic E-state index is 14.2. The fourth-order valence-corrected chi connectivity index (χ4v) is 6.87. The molecule has 2 aromatic carbocycles. The largest absolute Gasteiger partial charge is 0.508 e. The van der Waals surface area contributed by atoms with Gasteiger partial charge in [-0.2, -0.15) is 0 Å². The lowest BCUT2D eigenvalue weighted by Crippen LogP contribution is -2.60. The van der Waals surface area contributed by atoms with Crippen molar-refractivity contribution in [2.45, 2.75) is 88.6 Å². The van der Waals surface area contributed by atoms with Crippen LogP contribution in [0.5, 0.6) is 5.75 Å². The summed E-state index contributed by atoms with van der Waals surface area (Å²) in [4.78, 5) is 115. The molecule has 5 rings (SSSR count). The van der Waals surface area contributed by atoms with Crippen LogP contribution in [0.4, 0.5) is 0 Å². The third-order valence-corrected chi connectivity index (χ3v) is 10.1. The van der Waals surface area contributed by atoms with Crippen molar-refractivity contribution in [3.05, 3.63) is 84.1 Å². The first-order chi connectivity index (χ1) is 29.7. The molecule has 3 heterocycles. The van der Waals surface area contributed by atoms with E-state index in [1.54, 1.807) is 18.5 Å². The van der Waals surface area contributed by atoms with E-state index < -0.39 is 84.8 Å². The molecule has 11 N–H and O–H groups in total. The zero-order valence-corrected chi connectivity index (χ0v) is 34.2. The van der Waals surface area contributed by atoms with Crippen LogP contribution in [0.1, 0.15) is 49.9 Å². The molecule has 6 atom stereocenters. The average molecular weight is 856 g/mol. The van der Waals surface area contributed by atoms with E-state index in [4.69, 9.17) is 0 Å². The highest BCUT2D eigenvalue weighted by molar-refractivity contribution is 5.98. The number of hydrogen-bond acceptors (Lipinski definition) is 11. The standard InChI is InChI=1S/C42H51N10O10/c1-23(2)13-27(20-53)47-37(57)19-45-38(58)32(14-24-7-9-28(55)10-8-24)49-42(62)35(21-54)52-40(60)33(15-25-17-44-30-6-4-3-5-29(25)30)50-41(61)34(16-26-18-43-22-46-26)51-39(59)31-11-12-36(56)48-31/h3-10,17-18,22-23,27,31-35,44,54-55H,11-16,19,21H2,1-2H3,(H,43,46)(H,45,58)(H,47,57)(H,48,56)(H,49,62)(H,50,61)(H,51,59)(H,52,60)/t27-,31-,32-,33-,34-,35-/m0/s1. The molecule has 62 heavy (non-hydrogen) atoms. The number of hydrogen-bond donors (Lipinski definition) is 11. The molecule has 0 spiro atoms. The molecule has 0 saturated carbocycles. The van der Waals surface area contributed by atoms with Gasteiger partial charge in [0.05, 0.1) is 31.2 Å². The molecule has 20 heteroatoms. The van der Waals surface area contributed by atoms with Gasteiger partial charge in [-0.3, -0.25) is 38.4 Å². The Morgan fingerprint density at radius 2 is 1.48 bits per heavy atom. The minimum Gasteiger partial charge on any atom is -0.508 e. The lowest BCUT2D eigenvalue weighted by atomic mass is 10.0.